The van der Waals surface area contributed by atoms with Gasteiger partial charge in [0.1, 0.15) is 17.4 Å². The van der Waals surface area contributed by atoms with Crippen LogP contribution in [0.1, 0.15) is 16.1 Å². The molecule has 8 heteroatoms. The van der Waals surface area contributed by atoms with Crippen molar-refractivity contribution in [1.82, 2.24) is 15.1 Å². The summed E-state index contributed by atoms with van der Waals surface area (Å²) >= 11 is 0. The summed E-state index contributed by atoms with van der Waals surface area (Å²) in [6.45, 7) is 1.73. The van der Waals surface area contributed by atoms with Crippen molar-refractivity contribution in [3.8, 4) is 11.4 Å². The molecule has 0 radical (unpaired) electrons. The summed E-state index contributed by atoms with van der Waals surface area (Å²) in [6.07, 6.45) is 0. The number of carbonyl (C=O) groups excluding carboxylic acids is 2. The molecule has 3 amide bonds. The van der Waals surface area contributed by atoms with E-state index in [0.717, 1.165) is 0 Å². The van der Waals surface area contributed by atoms with Crippen LogP contribution < -0.4 is 15.4 Å². The number of nitrogens with one attached hydrogen (secondary N) is 2. The summed E-state index contributed by atoms with van der Waals surface area (Å²) in [5.41, 5.74) is 1.28. The number of carbonyl (C=O) groups is 2. The maximum absolute atomic E-state index is 13.5. The molecule has 2 N–H and O–H groups in total. The van der Waals surface area contributed by atoms with Gasteiger partial charge in [-0.1, -0.05) is 18.2 Å². The SMILES string of the molecule is COc1ccccc1C(=O)NC(=O)Nc1cc(C)nn1-c1cccc(F)c1. The zero-order valence-corrected chi connectivity index (χ0v) is 14.7. The zero-order chi connectivity index (χ0) is 19.4. The van der Waals surface area contributed by atoms with Crippen LogP contribution in [0.4, 0.5) is 15.0 Å². The number of amides is 3. The van der Waals surface area contributed by atoms with Crippen molar-refractivity contribution in [2.24, 2.45) is 0 Å². The fourth-order valence-corrected chi connectivity index (χ4v) is 2.54. The molecule has 138 valence electrons. The number of urea groups is 1. The Hall–Kier alpha value is -3.68. The standard InChI is InChI=1S/C19H17FN4O3/c1-12-10-17(24(23-12)14-7-5-6-13(20)11-14)21-19(26)22-18(25)15-8-3-4-9-16(15)27-2/h3-11H,1-2H3,(H2,21,22,25,26). The third-order valence-corrected chi connectivity index (χ3v) is 3.70. The van der Waals surface area contributed by atoms with Gasteiger partial charge in [0.2, 0.25) is 0 Å². The van der Waals surface area contributed by atoms with Crippen LogP contribution in [0.3, 0.4) is 0 Å². The van der Waals surface area contributed by atoms with Crippen molar-refractivity contribution in [1.29, 1.82) is 0 Å². The fraction of sp³-hybridized carbons (Fsp3) is 0.105. The molecule has 0 fully saturated rings. The minimum absolute atomic E-state index is 0.227. The molecule has 0 atom stereocenters. The van der Waals surface area contributed by atoms with Gasteiger partial charge < -0.3 is 4.74 Å². The molecule has 1 aromatic heterocycles. The molecule has 3 rings (SSSR count). The number of halogens is 1. The number of rotatable bonds is 4. The molecule has 0 aliphatic heterocycles. The van der Waals surface area contributed by atoms with Crippen LogP contribution in [0.2, 0.25) is 0 Å². The Morgan fingerprint density at radius 2 is 1.89 bits per heavy atom. The molecule has 0 aliphatic rings. The monoisotopic (exact) mass is 368 g/mol. The lowest BCUT2D eigenvalue weighted by atomic mass is 10.2. The number of anilines is 1. The van der Waals surface area contributed by atoms with Gasteiger partial charge in [-0.05, 0) is 37.3 Å². The minimum Gasteiger partial charge on any atom is -0.496 e. The second kappa shape index (κ2) is 7.69. The topological polar surface area (TPSA) is 85.2 Å². The summed E-state index contributed by atoms with van der Waals surface area (Å²) in [7, 11) is 1.44. The average molecular weight is 368 g/mol. The minimum atomic E-state index is -0.747. The third-order valence-electron chi connectivity index (χ3n) is 3.70. The van der Waals surface area contributed by atoms with E-state index in [0.29, 0.717) is 22.9 Å². The lowest BCUT2D eigenvalue weighted by Gasteiger charge is -2.11. The van der Waals surface area contributed by atoms with E-state index in [4.69, 9.17) is 4.74 Å². The zero-order valence-electron chi connectivity index (χ0n) is 14.7. The quantitative estimate of drug-likeness (QED) is 0.740. The molecule has 0 aliphatic carbocycles. The number of hydrogen-bond acceptors (Lipinski definition) is 4. The Morgan fingerprint density at radius 1 is 1.11 bits per heavy atom. The predicted molar refractivity (Wildman–Crippen MR) is 97.7 cm³/mol. The van der Waals surface area contributed by atoms with E-state index in [1.165, 1.54) is 30.0 Å². The van der Waals surface area contributed by atoms with E-state index in [-0.39, 0.29) is 5.56 Å². The van der Waals surface area contributed by atoms with E-state index in [1.807, 2.05) is 0 Å². The number of hydrogen-bond donors (Lipinski definition) is 2. The highest BCUT2D eigenvalue weighted by molar-refractivity contribution is 6.09. The summed E-state index contributed by atoms with van der Waals surface area (Å²) in [5.74, 6) is -0.396. The van der Waals surface area contributed by atoms with Crippen LogP contribution in [0.5, 0.6) is 5.75 Å². The maximum Gasteiger partial charge on any atom is 0.327 e. The van der Waals surface area contributed by atoms with Gasteiger partial charge in [-0.15, -0.1) is 0 Å². The molecule has 0 spiro atoms. The average Bonchev–Trinajstić information content (AvgIpc) is 3.01. The first kappa shape index (κ1) is 18.1. The maximum atomic E-state index is 13.5. The van der Waals surface area contributed by atoms with Crippen molar-refractivity contribution in [2.75, 3.05) is 12.4 Å². The Kier molecular flexibility index (Phi) is 5.16. The molecule has 3 aromatic rings. The summed E-state index contributed by atoms with van der Waals surface area (Å²) in [5, 5.41) is 9.03. The van der Waals surface area contributed by atoms with Crippen molar-refractivity contribution in [3.63, 3.8) is 0 Å². The first-order chi connectivity index (χ1) is 13.0. The smallest absolute Gasteiger partial charge is 0.327 e. The summed E-state index contributed by atoms with van der Waals surface area (Å²) in [6, 6.07) is 13.2. The van der Waals surface area contributed by atoms with Gasteiger partial charge >= 0.3 is 6.03 Å². The van der Waals surface area contributed by atoms with E-state index < -0.39 is 17.8 Å². The van der Waals surface area contributed by atoms with Crippen molar-refractivity contribution in [2.45, 2.75) is 6.92 Å². The highest BCUT2D eigenvalue weighted by Gasteiger charge is 2.17. The highest BCUT2D eigenvalue weighted by Crippen LogP contribution is 2.19. The Morgan fingerprint density at radius 3 is 2.63 bits per heavy atom. The number of aryl methyl sites for hydroxylation is 1. The lowest BCUT2D eigenvalue weighted by Crippen LogP contribution is -2.35. The lowest BCUT2D eigenvalue weighted by molar-refractivity contribution is 0.0964. The van der Waals surface area contributed by atoms with E-state index in [2.05, 4.69) is 15.7 Å². The van der Waals surface area contributed by atoms with Crippen LogP contribution in [0.25, 0.3) is 5.69 Å². The van der Waals surface area contributed by atoms with Crippen molar-refractivity contribution in [3.05, 3.63) is 71.7 Å². The van der Waals surface area contributed by atoms with Gasteiger partial charge in [0.15, 0.2) is 0 Å². The highest BCUT2D eigenvalue weighted by atomic mass is 19.1. The van der Waals surface area contributed by atoms with Crippen LogP contribution >= 0.6 is 0 Å². The largest absolute Gasteiger partial charge is 0.496 e. The molecular formula is C19H17FN4O3. The number of para-hydroxylation sites is 1. The molecule has 2 aromatic carbocycles. The van der Waals surface area contributed by atoms with Crippen LogP contribution in [-0.2, 0) is 0 Å². The summed E-state index contributed by atoms with van der Waals surface area (Å²) in [4.78, 5) is 24.6. The van der Waals surface area contributed by atoms with Gasteiger partial charge in [0, 0.05) is 6.07 Å². The number of aromatic nitrogens is 2. The van der Waals surface area contributed by atoms with Gasteiger partial charge in [0.25, 0.3) is 5.91 Å². The summed E-state index contributed by atoms with van der Waals surface area (Å²) < 4.78 is 20.0. The van der Waals surface area contributed by atoms with Crippen LogP contribution in [0.15, 0.2) is 54.6 Å². The Labute approximate surface area is 154 Å². The molecule has 0 saturated carbocycles. The van der Waals surface area contributed by atoms with Gasteiger partial charge in [-0.3, -0.25) is 15.4 Å². The van der Waals surface area contributed by atoms with E-state index >= 15 is 0 Å². The van der Waals surface area contributed by atoms with Crippen LogP contribution in [-0.4, -0.2) is 28.8 Å². The molecule has 7 nitrogen and oxygen atoms in total. The predicted octanol–water partition coefficient (Wildman–Crippen LogP) is 3.29. The van der Waals surface area contributed by atoms with Crippen molar-refractivity contribution >= 4 is 17.8 Å². The number of benzene rings is 2. The number of ether oxygens (including phenoxy) is 1. The Balaban J connectivity index is 1.78. The Bertz CT molecular complexity index is 1000. The second-order valence-electron chi connectivity index (χ2n) is 5.67. The molecule has 1 heterocycles. The normalized spacial score (nSPS) is 10.3. The fourth-order valence-electron chi connectivity index (χ4n) is 2.54. The molecule has 0 bridgehead atoms. The van der Waals surface area contributed by atoms with Gasteiger partial charge in [-0.2, -0.15) is 5.10 Å². The molecule has 27 heavy (non-hydrogen) atoms. The number of nitrogens with zero attached hydrogens (tertiary/aromatic N) is 2. The third kappa shape index (κ3) is 4.12. The van der Waals surface area contributed by atoms with Gasteiger partial charge in [-0.25, -0.2) is 13.9 Å². The molecular weight excluding hydrogens is 351 g/mol. The number of methoxy groups -OCH3 is 1. The van der Waals surface area contributed by atoms with Crippen molar-refractivity contribution < 1.29 is 18.7 Å². The van der Waals surface area contributed by atoms with Crippen LogP contribution in [0, 0.1) is 12.7 Å². The first-order valence-corrected chi connectivity index (χ1v) is 8.06. The van der Waals surface area contributed by atoms with E-state index in [9.17, 15) is 14.0 Å². The van der Waals surface area contributed by atoms with E-state index in [1.54, 1.807) is 43.3 Å². The number of imide groups is 1. The molecule has 0 unspecified atom stereocenters. The molecule has 0 saturated heterocycles. The second-order valence-corrected chi connectivity index (χ2v) is 5.67. The van der Waals surface area contributed by atoms with Gasteiger partial charge in [0.05, 0.1) is 24.1 Å². The first-order valence-electron chi connectivity index (χ1n) is 8.06.